The summed E-state index contributed by atoms with van der Waals surface area (Å²) in [5, 5.41) is 60.9. The van der Waals surface area contributed by atoms with Crippen LogP contribution in [-0.4, -0.2) is 80.2 Å². The van der Waals surface area contributed by atoms with Gasteiger partial charge < -0.3 is 49.6 Å². The van der Waals surface area contributed by atoms with E-state index in [1.807, 2.05) is 0 Å². The summed E-state index contributed by atoms with van der Waals surface area (Å²) in [5.74, 6) is -3.76. The molecule has 6 atom stereocenters. The quantitative estimate of drug-likeness (QED) is 0.252. The smallest absolute Gasteiger partial charge is 0.337 e. The summed E-state index contributed by atoms with van der Waals surface area (Å²) in [5.41, 5.74) is 0.235. The number of phenols is 3. The van der Waals surface area contributed by atoms with Crippen LogP contribution in [0, 0.1) is 0 Å². The minimum absolute atomic E-state index is 0.00562. The van der Waals surface area contributed by atoms with Gasteiger partial charge in [-0.3, -0.25) is 4.79 Å². The van der Waals surface area contributed by atoms with E-state index < -0.39 is 65.8 Å². The van der Waals surface area contributed by atoms with Crippen molar-refractivity contribution in [2.24, 2.45) is 0 Å². The fourth-order valence-electron chi connectivity index (χ4n) is 3.80. The molecule has 2 heterocycles. The number of rotatable bonds is 4. The number of hydrogen-bond acceptors (Lipinski definition) is 12. The molecule has 0 radical (unpaired) electrons. The fourth-order valence-corrected chi connectivity index (χ4v) is 3.80. The summed E-state index contributed by atoms with van der Waals surface area (Å²) < 4.78 is 20.9. The molecule has 2 aromatic rings. The second-order valence-electron chi connectivity index (χ2n) is 7.81. The molecular weight excluding hydrogens is 456 g/mol. The molecule has 1 fully saturated rings. The molecule has 4 rings (SSSR count). The topological polar surface area (TPSA) is 192 Å². The lowest BCUT2D eigenvalue weighted by Crippen LogP contribution is -2.61. The van der Waals surface area contributed by atoms with Crippen LogP contribution in [0.2, 0.25) is 0 Å². The van der Waals surface area contributed by atoms with Crippen molar-refractivity contribution in [3.05, 3.63) is 41.5 Å². The first kappa shape index (κ1) is 23.6. The van der Waals surface area contributed by atoms with Crippen molar-refractivity contribution in [3.8, 4) is 28.7 Å². The van der Waals surface area contributed by atoms with E-state index in [1.165, 1.54) is 24.3 Å². The zero-order valence-corrected chi connectivity index (χ0v) is 17.7. The van der Waals surface area contributed by atoms with Gasteiger partial charge >= 0.3 is 5.97 Å². The van der Waals surface area contributed by atoms with Crippen molar-refractivity contribution in [2.75, 3.05) is 7.11 Å². The monoisotopic (exact) mass is 478 g/mol. The van der Waals surface area contributed by atoms with Crippen LogP contribution < -0.4 is 9.47 Å². The number of Topliss-reactive ketones (excluding diaryl/α,β-unsaturated/α-hetero) is 1. The Labute approximate surface area is 192 Å². The second-order valence-corrected chi connectivity index (χ2v) is 7.81. The summed E-state index contributed by atoms with van der Waals surface area (Å²) in [6.07, 6.45) is -10.0. The van der Waals surface area contributed by atoms with Crippen LogP contribution in [0.3, 0.4) is 0 Å². The molecule has 2 aliphatic rings. The van der Waals surface area contributed by atoms with Crippen molar-refractivity contribution in [1.29, 1.82) is 0 Å². The zero-order valence-electron chi connectivity index (χ0n) is 17.7. The number of benzene rings is 2. The predicted octanol–water partition coefficient (Wildman–Crippen LogP) is -0.131. The lowest BCUT2D eigenvalue weighted by molar-refractivity contribution is -0.272. The third kappa shape index (κ3) is 4.07. The average molecular weight is 478 g/mol. The molecule has 0 aliphatic carbocycles. The number of carbonyl (C=O) groups is 2. The summed E-state index contributed by atoms with van der Waals surface area (Å²) >= 11 is 0. The SMILES string of the molecule is COC(=O)[C@H]1O[C@@H](Oc2cc(O)c3c(c2O)O[C@H](c2ccc(O)cc2)CC3=O)[C@H](O)[C@@H](O)[C@@H]1O. The molecule has 34 heavy (non-hydrogen) atoms. The zero-order chi connectivity index (χ0) is 24.7. The van der Waals surface area contributed by atoms with Crippen molar-refractivity contribution >= 4 is 11.8 Å². The number of aromatic hydroxyl groups is 3. The lowest BCUT2D eigenvalue weighted by Gasteiger charge is -2.39. The largest absolute Gasteiger partial charge is 0.508 e. The summed E-state index contributed by atoms with van der Waals surface area (Å²) in [6.45, 7) is 0. The lowest BCUT2D eigenvalue weighted by atomic mass is 9.95. The van der Waals surface area contributed by atoms with Crippen LogP contribution in [0.15, 0.2) is 30.3 Å². The molecule has 0 unspecified atom stereocenters. The molecule has 0 bridgehead atoms. The predicted molar refractivity (Wildman–Crippen MR) is 110 cm³/mol. The molecule has 1 saturated heterocycles. The van der Waals surface area contributed by atoms with Gasteiger partial charge in [0, 0.05) is 6.07 Å². The molecule has 12 nitrogen and oxygen atoms in total. The van der Waals surface area contributed by atoms with Crippen LogP contribution in [0.4, 0.5) is 0 Å². The fraction of sp³-hybridized carbons (Fsp3) is 0.364. The van der Waals surface area contributed by atoms with Crippen molar-refractivity contribution in [1.82, 2.24) is 0 Å². The molecule has 6 N–H and O–H groups in total. The van der Waals surface area contributed by atoms with E-state index >= 15 is 0 Å². The van der Waals surface area contributed by atoms with Crippen molar-refractivity contribution in [3.63, 3.8) is 0 Å². The molecule has 0 aromatic heterocycles. The van der Waals surface area contributed by atoms with Gasteiger partial charge in [0.25, 0.3) is 0 Å². The van der Waals surface area contributed by atoms with Crippen LogP contribution in [0.1, 0.15) is 28.4 Å². The highest BCUT2D eigenvalue weighted by molar-refractivity contribution is 6.03. The van der Waals surface area contributed by atoms with Gasteiger partial charge in [0.1, 0.15) is 41.5 Å². The van der Waals surface area contributed by atoms with E-state index in [4.69, 9.17) is 14.2 Å². The Kier molecular flexibility index (Phi) is 6.23. The average Bonchev–Trinajstić information content (AvgIpc) is 2.82. The van der Waals surface area contributed by atoms with Crippen LogP contribution in [-0.2, 0) is 14.3 Å². The van der Waals surface area contributed by atoms with Gasteiger partial charge in [-0.05, 0) is 17.7 Å². The third-order valence-corrected chi connectivity index (χ3v) is 5.62. The van der Waals surface area contributed by atoms with Crippen molar-refractivity contribution in [2.45, 2.75) is 43.2 Å². The third-order valence-electron chi connectivity index (χ3n) is 5.62. The maximum atomic E-state index is 12.7. The Bertz CT molecular complexity index is 1100. The summed E-state index contributed by atoms with van der Waals surface area (Å²) in [7, 11) is 1.03. The van der Waals surface area contributed by atoms with E-state index in [1.54, 1.807) is 0 Å². The van der Waals surface area contributed by atoms with E-state index in [9.17, 15) is 40.2 Å². The normalized spacial score (nSPS) is 28.5. The van der Waals surface area contributed by atoms with Gasteiger partial charge in [0.2, 0.25) is 12.0 Å². The molecule has 0 saturated carbocycles. The standard InChI is InChI=1S/C22H22O12/c1-31-21(30)20-17(28)16(27)18(29)22(34-20)33-13-7-11(25)14-10(24)6-12(32-19(14)15(13)26)8-2-4-9(23)5-3-8/h2-5,7,12,16-18,20,22-23,25-29H,6H2,1H3/t12-,16-,17-,18+,20-,22+/m0/s1. The first-order chi connectivity index (χ1) is 16.1. The maximum absolute atomic E-state index is 12.7. The van der Waals surface area contributed by atoms with Gasteiger partial charge in [0.05, 0.1) is 13.5 Å². The molecule has 0 amide bonds. The number of ether oxygens (including phenoxy) is 4. The highest BCUT2D eigenvalue weighted by Crippen LogP contribution is 2.50. The number of aliphatic hydroxyl groups is 3. The Morgan fingerprint density at radius 1 is 1.03 bits per heavy atom. The van der Waals surface area contributed by atoms with Gasteiger partial charge in [-0.15, -0.1) is 0 Å². The minimum Gasteiger partial charge on any atom is -0.508 e. The Balaban J connectivity index is 1.65. The van der Waals surface area contributed by atoms with Gasteiger partial charge in [-0.1, -0.05) is 12.1 Å². The van der Waals surface area contributed by atoms with Gasteiger partial charge in [-0.25, -0.2) is 4.79 Å². The minimum atomic E-state index is -1.87. The number of aliphatic hydroxyl groups excluding tert-OH is 3. The molecule has 12 heteroatoms. The molecule has 2 aliphatic heterocycles. The number of methoxy groups -OCH3 is 1. The number of esters is 1. The van der Waals surface area contributed by atoms with E-state index in [2.05, 4.69) is 4.74 Å². The van der Waals surface area contributed by atoms with Gasteiger partial charge in [-0.2, -0.15) is 0 Å². The van der Waals surface area contributed by atoms with Crippen molar-refractivity contribution < 1.29 is 59.2 Å². The van der Waals surface area contributed by atoms with Crippen LogP contribution in [0.25, 0.3) is 0 Å². The highest BCUT2D eigenvalue weighted by atomic mass is 16.7. The Morgan fingerprint density at radius 3 is 2.35 bits per heavy atom. The molecule has 0 spiro atoms. The second kappa shape index (κ2) is 8.99. The van der Waals surface area contributed by atoms with Crippen LogP contribution >= 0.6 is 0 Å². The number of hydrogen-bond donors (Lipinski definition) is 6. The van der Waals surface area contributed by atoms with E-state index in [0.717, 1.165) is 13.2 Å². The Morgan fingerprint density at radius 2 is 1.71 bits per heavy atom. The van der Waals surface area contributed by atoms with E-state index in [-0.39, 0.29) is 23.5 Å². The summed E-state index contributed by atoms with van der Waals surface area (Å²) in [4.78, 5) is 24.5. The number of carbonyl (C=O) groups excluding carboxylic acids is 2. The van der Waals surface area contributed by atoms with Gasteiger partial charge in [0.15, 0.2) is 23.4 Å². The van der Waals surface area contributed by atoms with Crippen LogP contribution in [0.5, 0.6) is 28.7 Å². The molecule has 182 valence electrons. The maximum Gasteiger partial charge on any atom is 0.337 e. The first-order valence-corrected chi connectivity index (χ1v) is 10.1. The highest BCUT2D eigenvalue weighted by Gasteiger charge is 2.49. The van der Waals surface area contributed by atoms with E-state index in [0.29, 0.717) is 5.56 Å². The number of phenolic OH excluding ortho intramolecular Hbond substituents is 3. The first-order valence-electron chi connectivity index (χ1n) is 10.1. The Hall–Kier alpha value is -3.58. The number of ketones is 1. The molecular formula is C22H22O12. The summed E-state index contributed by atoms with van der Waals surface area (Å²) in [6, 6.07) is 6.74. The number of fused-ring (bicyclic) bond motifs is 1. The molecule has 2 aromatic carbocycles.